The first-order valence-electron chi connectivity index (χ1n) is 6.83. The maximum atomic E-state index is 12.1. The third-order valence-corrected chi connectivity index (χ3v) is 4.26. The molecule has 5 nitrogen and oxygen atoms in total. The van der Waals surface area contributed by atoms with Crippen LogP contribution in [-0.4, -0.2) is 27.0 Å². The first-order valence-corrected chi connectivity index (χ1v) is 7.63. The SMILES string of the molecule is CCCn1ncc(NC2CCCCC2O)c(Br)c1=O. The Labute approximate surface area is 121 Å². The number of aryl methyl sites for hydroxylation is 1. The van der Waals surface area contributed by atoms with Crippen molar-refractivity contribution in [2.24, 2.45) is 0 Å². The average Bonchev–Trinajstić information content (AvgIpc) is 2.41. The highest BCUT2D eigenvalue weighted by atomic mass is 79.9. The molecule has 1 aromatic rings. The molecule has 1 aliphatic rings. The van der Waals surface area contributed by atoms with Crippen LogP contribution in [0.4, 0.5) is 5.69 Å². The van der Waals surface area contributed by atoms with Crippen molar-refractivity contribution in [1.82, 2.24) is 9.78 Å². The molecule has 1 aromatic heterocycles. The van der Waals surface area contributed by atoms with Crippen LogP contribution < -0.4 is 10.9 Å². The normalized spacial score (nSPS) is 23.3. The Bertz CT molecular complexity index is 489. The van der Waals surface area contributed by atoms with E-state index in [0.717, 1.165) is 32.1 Å². The molecule has 1 heterocycles. The fourth-order valence-corrected chi connectivity index (χ4v) is 2.84. The van der Waals surface area contributed by atoms with Crippen molar-refractivity contribution in [3.63, 3.8) is 0 Å². The number of hydrogen-bond donors (Lipinski definition) is 2. The highest BCUT2D eigenvalue weighted by molar-refractivity contribution is 9.10. The number of nitrogens with zero attached hydrogens (tertiary/aromatic N) is 2. The van der Waals surface area contributed by atoms with E-state index in [2.05, 4.69) is 26.3 Å². The van der Waals surface area contributed by atoms with Gasteiger partial charge in [-0.25, -0.2) is 4.68 Å². The largest absolute Gasteiger partial charge is 0.391 e. The molecule has 0 aromatic carbocycles. The molecule has 0 saturated heterocycles. The number of aromatic nitrogens is 2. The summed E-state index contributed by atoms with van der Waals surface area (Å²) < 4.78 is 1.95. The van der Waals surface area contributed by atoms with Gasteiger partial charge in [-0.3, -0.25) is 4.79 Å². The summed E-state index contributed by atoms with van der Waals surface area (Å²) in [5, 5.41) is 17.3. The van der Waals surface area contributed by atoms with E-state index in [4.69, 9.17) is 0 Å². The summed E-state index contributed by atoms with van der Waals surface area (Å²) in [6, 6.07) is 0.00766. The lowest BCUT2D eigenvalue weighted by atomic mass is 9.92. The second kappa shape index (κ2) is 6.52. The zero-order valence-corrected chi connectivity index (χ0v) is 12.7. The zero-order chi connectivity index (χ0) is 13.8. The van der Waals surface area contributed by atoms with Gasteiger partial charge < -0.3 is 10.4 Å². The molecule has 0 bridgehead atoms. The highest BCUT2D eigenvalue weighted by Crippen LogP contribution is 2.24. The summed E-state index contributed by atoms with van der Waals surface area (Å²) in [5.41, 5.74) is 0.542. The summed E-state index contributed by atoms with van der Waals surface area (Å²) in [5.74, 6) is 0. The van der Waals surface area contributed by atoms with E-state index < -0.39 is 0 Å². The maximum absolute atomic E-state index is 12.1. The molecule has 2 rings (SSSR count). The van der Waals surface area contributed by atoms with Crippen molar-refractivity contribution in [2.45, 2.75) is 57.7 Å². The molecule has 1 saturated carbocycles. The monoisotopic (exact) mass is 329 g/mol. The molecule has 106 valence electrons. The minimum Gasteiger partial charge on any atom is -0.391 e. The predicted molar refractivity (Wildman–Crippen MR) is 78.4 cm³/mol. The minimum absolute atomic E-state index is 0.00766. The third-order valence-electron chi connectivity index (χ3n) is 3.49. The Morgan fingerprint density at radius 1 is 1.53 bits per heavy atom. The molecule has 2 unspecified atom stereocenters. The van der Waals surface area contributed by atoms with E-state index in [1.165, 1.54) is 4.68 Å². The summed E-state index contributed by atoms with van der Waals surface area (Å²) in [6.07, 6.45) is 6.08. The molecule has 0 spiro atoms. The average molecular weight is 330 g/mol. The standard InChI is InChI=1S/C13H20BrN3O2/c1-2-7-17-13(19)12(14)10(8-15-17)16-9-5-3-4-6-11(9)18/h8-9,11,16,18H,2-7H2,1H3. The van der Waals surface area contributed by atoms with Gasteiger partial charge in [0.1, 0.15) is 4.47 Å². The lowest BCUT2D eigenvalue weighted by Gasteiger charge is -2.29. The summed E-state index contributed by atoms with van der Waals surface area (Å²) in [6.45, 7) is 2.62. The first-order chi connectivity index (χ1) is 9.13. The topological polar surface area (TPSA) is 67.2 Å². The molecule has 2 atom stereocenters. The van der Waals surface area contributed by atoms with Gasteiger partial charge in [-0.15, -0.1) is 0 Å². The van der Waals surface area contributed by atoms with Crippen molar-refractivity contribution in [2.75, 3.05) is 5.32 Å². The van der Waals surface area contributed by atoms with Gasteiger partial charge in [0.2, 0.25) is 0 Å². The van der Waals surface area contributed by atoms with Gasteiger partial charge in [0, 0.05) is 6.54 Å². The van der Waals surface area contributed by atoms with Crippen LogP contribution in [0.15, 0.2) is 15.5 Å². The fourth-order valence-electron chi connectivity index (χ4n) is 2.42. The van der Waals surface area contributed by atoms with Crippen LogP contribution >= 0.6 is 15.9 Å². The van der Waals surface area contributed by atoms with Crippen molar-refractivity contribution in [3.05, 3.63) is 21.0 Å². The van der Waals surface area contributed by atoms with Gasteiger partial charge in [0.15, 0.2) is 0 Å². The Kier molecular flexibility index (Phi) is 4.99. The molecule has 19 heavy (non-hydrogen) atoms. The minimum atomic E-state index is -0.348. The fraction of sp³-hybridized carbons (Fsp3) is 0.692. The van der Waals surface area contributed by atoms with Gasteiger partial charge in [-0.05, 0) is 35.2 Å². The van der Waals surface area contributed by atoms with Crippen LogP contribution in [-0.2, 0) is 6.54 Å². The van der Waals surface area contributed by atoms with E-state index in [-0.39, 0.29) is 17.7 Å². The van der Waals surface area contributed by atoms with Crippen molar-refractivity contribution in [1.29, 1.82) is 0 Å². The van der Waals surface area contributed by atoms with Crippen LogP contribution in [0.25, 0.3) is 0 Å². The smallest absolute Gasteiger partial charge is 0.283 e. The third kappa shape index (κ3) is 3.36. The van der Waals surface area contributed by atoms with Crippen molar-refractivity contribution >= 4 is 21.6 Å². The van der Waals surface area contributed by atoms with E-state index >= 15 is 0 Å². The molecule has 6 heteroatoms. The Morgan fingerprint density at radius 2 is 2.26 bits per heavy atom. The number of hydrogen-bond acceptors (Lipinski definition) is 4. The lowest BCUT2D eigenvalue weighted by molar-refractivity contribution is 0.116. The van der Waals surface area contributed by atoms with Crippen molar-refractivity contribution in [3.8, 4) is 0 Å². The number of aliphatic hydroxyl groups excluding tert-OH is 1. The molecule has 0 amide bonds. The molecular weight excluding hydrogens is 310 g/mol. The van der Waals surface area contributed by atoms with E-state index in [9.17, 15) is 9.90 Å². The molecular formula is C13H20BrN3O2. The van der Waals surface area contributed by atoms with Crippen molar-refractivity contribution < 1.29 is 5.11 Å². The van der Waals surface area contributed by atoms with Crippen LogP contribution in [0.5, 0.6) is 0 Å². The van der Waals surface area contributed by atoms with Gasteiger partial charge in [-0.1, -0.05) is 19.8 Å². The van der Waals surface area contributed by atoms with Gasteiger partial charge in [-0.2, -0.15) is 5.10 Å². The molecule has 1 aliphatic carbocycles. The molecule has 0 radical (unpaired) electrons. The summed E-state index contributed by atoms with van der Waals surface area (Å²) in [4.78, 5) is 12.1. The van der Waals surface area contributed by atoms with Gasteiger partial charge >= 0.3 is 0 Å². The Morgan fingerprint density at radius 3 is 2.95 bits per heavy atom. The number of rotatable bonds is 4. The summed E-state index contributed by atoms with van der Waals surface area (Å²) >= 11 is 3.33. The lowest BCUT2D eigenvalue weighted by Crippen LogP contribution is -2.37. The van der Waals surface area contributed by atoms with Gasteiger partial charge in [0.05, 0.1) is 24.0 Å². The van der Waals surface area contributed by atoms with Crippen LogP contribution in [0, 0.1) is 0 Å². The van der Waals surface area contributed by atoms with E-state index in [1.54, 1.807) is 6.20 Å². The molecule has 2 N–H and O–H groups in total. The maximum Gasteiger partial charge on any atom is 0.283 e. The molecule has 1 fully saturated rings. The van der Waals surface area contributed by atoms with Crippen LogP contribution in [0.2, 0.25) is 0 Å². The number of aliphatic hydroxyl groups is 1. The molecule has 0 aliphatic heterocycles. The van der Waals surface area contributed by atoms with Crippen LogP contribution in [0.3, 0.4) is 0 Å². The zero-order valence-electron chi connectivity index (χ0n) is 11.1. The van der Waals surface area contributed by atoms with Crippen LogP contribution in [0.1, 0.15) is 39.0 Å². The van der Waals surface area contributed by atoms with Gasteiger partial charge in [0.25, 0.3) is 5.56 Å². The highest BCUT2D eigenvalue weighted by Gasteiger charge is 2.24. The first kappa shape index (κ1) is 14.5. The Balaban J connectivity index is 2.16. The summed E-state index contributed by atoms with van der Waals surface area (Å²) in [7, 11) is 0. The second-order valence-electron chi connectivity index (χ2n) is 5.00. The quantitative estimate of drug-likeness (QED) is 0.888. The van der Waals surface area contributed by atoms with E-state index in [1.807, 2.05) is 6.92 Å². The number of anilines is 1. The second-order valence-corrected chi connectivity index (χ2v) is 5.80. The number of halogens is 1. The predicted octanol–water partition coefficient (Wildman–Crippen LogP) is 2.13. The number of nitrogens with one attached hydrogen (secondary N) is 1. The van der Waals surface area contributed by atoms with E-state index in [0.29, 0.717) is 16.7 Å². The Hall–Kier alpha value is -0.880.